The highest BCUT2D eigenvalue weighted by molar-refractivity contribution is 7.89. The second-order valence-electron chi connectivity index (χ2n) is 5.67. The molecule has 0 saturated carbocycles. The van der Waals surface area contributed by atoms with Gasteiger partial charge in [0.2, 0.25) is 10.0 Å². The largest absolute Gasteiger partial charge is 0.508 e. The lowest BCUT2D eigenvalue weighted by molar-refractivity contribution is 0.403. The summed E-state index contributed by atoms with van der Waals surface area (Å²) < 4.78 is 27.2. The number of hydrogen-bond donors (Lipinski definition) is 1. The Morgan fingerprint density at radius 1 is 1.17 bits per heavy atom. The maximum Gasteiger partial charge on any atom is 0.245 e. The van der Waals surface area contributed by atoms with Crippen molar-refractivity contribution in [1.29, 1.82) is 0 Å². The van der Waals surface area contributed by atoms with E-state index in [1.807, 2.05) is 19.1 Å². The van der Waals surface area contributed by atoms with Crippen molar-refractivity contribution in [2.45, 2.75) is 24.3 Å². The molecular formula is C18H18ClNO3S. The van der Waals surface area contributed by atoms with Crippen LogP contribution in [0, 0.1) is 0 Å². The number of phenolic OH excluding ortho intramolecular Hbond substituents is 1. The molecule has 3 rings (SSSR count). The second kappa shape index (κ2) is 6.59. The van der Waals surface area contributed by atoms with Crippen molar-refractivity contribution < 1.29 is 13.5 Å². The van der Waals surface area contributed by atoms with Crippen molar-refractivity contribution in [2.75, 3.05) is 6.54 Å². The smallest absolute Gasteiger partial charge is 0.245 e. The molecule has 126 valence electrons. The number of halogens is 1. The summed E-state index contributed by atoms with van der Waals surface area (Å²) in [6.07, 6.45) is 4.50. The van der Waals surface area contributed by atoms with E-state index in [0.29, 0.717) is 6.54 Å². The number of benzene rings is 2. The molecule has 0 aromatic heterocycles. The van der Waals surface area contributed by atoms with Crippen LogP contribution in [0.25, 0.3) is 11.1 Å². The quantitative estimate of drug-likeness (QED) is 0.833. The van der Waals surface area contributed by atoms with Crippen LogP contribution in [0.15, 0.2) is 59.5 Å². The summed E-state index contributed by atoms with van der Waals surface area (Å²) in [5.74, 6) is 0.177. The minimum Gasteiger partial charge on any atom is -0.508 e. The molecule has 0 saturated heterocycles. The van der Waals surface area contributed by atoms with Crippen molar-refractivity contribution in [1.82, 2.24) is 4.31 Å². The van der Waals surface area contributed by atoms with Gasteiger partial charge in [0.05, 0.1) is 5.02 Å². The first kappa shape index (κ1) is 17.0. The molecule has 0 radical (unpaired) electrons. The molecule has 1 N–H and O–H groups in total. The van der Waals surface area contributed by atoms with Gasteiger partial charge < -0.3 is 5.11 Å². The highest BCUT2D eigenvalue weighted by atomic mass is 35.5. The van der Waals surface area contributed by atoms with E-state index in [-0.39, 0.29) is 21.7 Å². The fourth-order valence-electron chi connectivity index (χ4n) is 2.84. The molecule has 4 nitrogen and oxygen atoms in total. The minimum absolute atomic E-state index is 0.119. The number of sulfonamides is 1. The minimum atomic E-state index is -3.64. The number of nitrogens with zero attached hydrogens (tertiary/aromatic N) is 1. The maximum absolute atomic E-state index is 12.9. The first-order chi connectivity index (χ1) is 11.4. The van der Waals surface area contributed by atoms with Crippen LogP contribution in [0.3, 0.4) is 0 Å². The molecular weight excluding hydrogens is 346 g/mol. The highest BCUT2D eigenvalue weighted by Crippen LogP contribution is 2.32. The summed E-state index contributed by atoms with van der Waals surface area (Å²) >= 11 is 6.29. The predicted molar refractivity (Wildman–Crippen MR) is 95.7 cm³/mol. The van der Waals surface area contributed by atoms with Crippen LogP contribution in [-0.4, -0.2) is 30.4 Å². The monoisotopic (exact) mass is 363 g/mol. The van der Waals surface area contributed by atoms with E-state index in [2.05, 4.69) is 0 Å². The zero-order chi connectivity index (χ0) is 17.3. The summed E-state index contributed by atoms with van der Waals surface area (Å²) in [6, 6.07) is 11.5. The highest BCUT2D eigenvalue weighted by Gasteiger charge is 2.32. The van der Waals surface area contributed by atoms with E-state index in [1.54, 1.807) is 42.5 Å². The normalized spacial score (nSPS) is 18.2. The van der Waals surface area contributed by atoms with E-state index in [9.17, 15) is 13.5 Å². The van der Waals surface area contributed by atoms with Crippen LogP contribution in [0.5, 0.6) is 5.75 Å². The number of rotatable bonds is 4. The third-order valence-electron chi connectivity index (χ3n) is 4.15. The third kappa shape index (κ3) is 3.07. The predicted octanol–water partition coefficient (Wildman–Crippen LogP) is 4.05. The molecule has 1 aliphatic rings. The Morgan fingerprint density at radius 3 is 2.46 bits per heavy atom. The van der Waals surface area contributed by atoms with Crippen LogP contribution in [0.4, 0.5) is 0 Å². The van der Waals surface area contributed by atoms with Gasteiger partial charge >= 0.3 is 0 Å². The molecule has 1 aliphatic heterocycles. The molecule has 2 aromatic rings. The molecule has 1 unspecified atom stereocenters. The third-order valence-corrected chi connectivity index (χ3v) is 6.52. The SMILES string of the molecule is CCC1C=CCN1S(=O)(=O)c1ccc(-c2ccc(O)cc2)cc1Cl. The summed E-state index contributed by atoms with van der Waals surface area (Å²) in [6.45, 7) is 2.33. The van der Waals surface area contributed by atoms with Gasteiger partial charge in [-0.3, -0.25) is 0 Å². The van der Waals surface area contributed by atoms with Gasteiger partial charge in [0.1, 0.15) is 10.6 Å². The Labute approximate surface area is 147 Å². The van der Waals surface area contributed by atoms with E-state index >= 15 is 0 Å². The zero-order valence-electron chi connectivity index (χ0n) is 13.2. The Balaban J connectivity index is 1.96. The van der Waals surface area contributed by atoms with Gasteiger partial charge in [-0.25, -0.2) is 8.42 Å². The summed E-state index contributed by atoms with van der Waals surface area (Å²) in [7, 11) is -3.64. The summed E-state index contributed by atoms with van der Waals surface area (Å²) in [4.78, 5) is 0.119. The van der Waals surface area contributed by atoms with Crippen LogP contribution < -0.4 is 0 Å². The number of hydrogen-bond acceptors (Lipinski definition) is 3. The first-order valence-corrected chi connectivity index (χ1v) is 9.52. The van der Waals surface area contributed by atoms with Gasteiger partial charge in [-0.1, -0.05) is 48.9 Å². The molecule has 0 aliphatic carbocycles. The molecule has 6 heteroatoms. The fraction of sp³-hybridized carbons (Fsp3) is 0.222. The topological polar surface area (TPSA) is 57.6 Å². The van der Waals surface area contributed by atoms with E-state index in [4.69, 9.17) is 11.6 Å². The van der Waals surface area contributed by atoms with E-state index < -0.39 is 10.0 Å². The Bertz CT molecular complexity index is 876. The Morgan fingerprint density at radius 2 is 1.83 bits per heavy atom. The number of aromatic hydroxyl groups is 1. The standard InChI is InChI=1S/C18H18ClNO3S/c1-2-15-4-3-11-20(15)24(22,23)18-10-7-14(12-17(18)19)13-5-8-16(21)9-6-13/h3-10,12,15,21H,2,11H2,1H3. The molecule has 0 spiro atoms. The van der Waals surface area contributed by atoms with Crippen LogP contribution in [0.2, 0.25) is 5.02 Å². The van der Waals surface area contributed by atoms with Gasteiger partial charge in [-0.15, -0.1) is 0 Å². The van der Waals surface area contributed by atoms with Gasteiger partial charge in [0.15, 0.2) is 0 Å². The van der Waals surface area contributed by atoms with Crippen molar-refractivity contribution in [3.05, 3.63) is 59.6 Å². The van der Waals surface area contributed by atoms with Gasteiger partial charge in [-0.2, -0.15) is 4.31 Å². The van der Waals surface area contributed by atoms with E-state index in [1.165, 1.54) is 4.31 Å². The summed E-state index contributed by atoms with van der Waals surface area (Å²) in [5.41, 5.74) is 1.65. The molecule has 1 atom stereocenters. The molecule has 2 aromatic carbocycles. The van der Waals surface area contributed by atoms with Crippen LogP contribution in [0.1, 0.15) is 13.3 Å². The summed E-state index contributed by atoms with van der Waals surface area (Å²) in [5, 5.41) is 9.56. The average Bonchev–Trinajstić information content (AvgIpc) is 3.04. The lowest BCUT2D eigenvalue weighted by Crippen LogP contribution is -2.35. The molecule has 0 amide bonds. The lowest BCUT2D eigenvalue weighted by atomic mass is 10.1. The van der Waals surface area contributed by atoms with Crippen molar-refractivity contribution >= 4 is 21.6 Å². The first-order valence-electron chi connectivity index (χ1n) is 7.71. The van der Waals surface area contributed by atoms with Gasteiger partial charge in [0, 0.05) is 12.6 Å². The van der Waals surface area contributed by atoms with E-state index in [0.717, 1.165) is 17.5 Å². The fourth-order valence-corrected chi connectivity index (χ4v) is 4.97. The molecule has 24 heavy (non-hydrogen) atoms. The average molecular weight is 364 g/mol. The molecule has 1 heterocycles. The van der Waals surface area contributed by atoms with Gasteiger partial charge in [0.25, 0.3) is 0 Å². The zero-order valence-corrected chi connectivity index (χ0v) is 14.8. The Hall–Kier alpha value is -1.82. The number of phenols is 1. The molecule has 0 bridgehead atoms. The maximum atomic E-state index is 12.9. The molecule has 0 fully saturated rings. The van der Waals surface area contributed by atoms with Crippen molar-refractivity contribution in [2.24, 2.45) is 0 Å². The second-order valence-corrected chi connectivity index (χ2v) is 7.94. The lowest BCUT2D eigenvalue weighted by Gasteiger charge is -2.23. The van der Waals surface area contributed by atoms with Crippen molar-refractivity contribution in [3.63, 3.8) is 0 Å². The van der Waals surface area contributed by atoms with Crippen LogP contribution in [-0.2, 0) is 10.0 Å². The van der Waals surface area contributed by atoms with Gasteiger partial charge in [-0.05, 0) is 41.8 Å². The van der Waals surface area contributed by atoms with Crippen LogP contribution >= 0.6 is 11.6 Å². The van der Waals surface area contributed by atoms with Crippen molar-refractivity contribution in [3.8, 4) is 16.9 Å². The Kier molecular flexibility index (Phi) is 4.67.